The zero-order chi connectivity index (χ0) is 14.5. The molecule has 5 heteroatoms. The molecule has 1 aliphatic rings. The first-order valence-electron chi connectivity index (χ1n) is 7.07. The van der Waals surface area contributed by atoms with E-state index in [-0.39, 0.29) is 10.6 Å². The zero-order valence-corrected chi connectivity index (χ0v) is 13.3. The lowest BCUT2D eigenvalue weighted by Gasteiger charge is -2.16. The van der Waals surface area contributed by atoms with Gasteiger partial charge in [0, 0.05) is 10.9 Å². The number of nitro benzene ring substituents is 1. The lowest BCUT2D eigenvalue weighted by Crippen LogP contribution is -2.11. The SMILES string of the molecule is COc1ccc(CCC(Br)C2CCCC2)cc1[N+](=O)[O-]. The molecule has 2 rings (SSSR count). The summed E-state index contributed by atoms with van der Waals surface area (Å²) in [5, 5.41) is 11.0. The highest BCUT2D eigenvalue weighted by molar-refractivity contribution is 9.09. The summed E-state index contributed by atoms with van der Waals surface area (Å²) in [6.07, 6.45) is 7.16. The molecule has 1 aromatic rings. The van der Waals surface area contributed by atoms with E-state index in [0.29, 0.717) is 10.6 Å². The molecule has 1 unspecified atom stereocenters. The summed E-state index contributed by atoms with van der Waals surface area (Å²) in [6, 6.07) is 5.24. The van der Waals surface area contributed by atoms with Crippen molar-refractivity contribution in [1.29, 1.82) is 0 Å². The van der Waals surface area contributed by atoms with Gasteiger partial charge in [-0.15, -0.1) is 0 Å². The molecule has 0 aliphatic heterocycles. The van der Waals surface area contributed by atoms with Gasteiger partial charge in [0.2, 0.25) is 0 Å². The number of ether oxygens (including phenoxy) is 1. The molecule has 1 aromatic carbocycles. The third-order valence-electron chi connectivity index (χ3n) is 4.06. The normalized spacial score (nSPS) is 17.1. The lowest BCUT2D eigenvalue weighted by atomic mass is 9.98. The van der Waals surface area contributed by atoms with E-state index in [1.165, 1.54) is 32.8 Å². The first-order chi connectivity index (χ1) is 9.61. The predicted molar refractivity (Wildman–Crippen MR) is 82.6 cm³/mol. The molecule has 110 valence electrons. The summed E-state index contributed by atoms with van der Waals surface area (Å²) >= 11 is 3.78. The molecule has 1 fully saturated rings. The van der Waals surface area contributed by atoms with Gasteiger partial charge in [0.1, 0.15) is 0 Å². The minimum absolute atomic E-state index is 0.0528. The van der Waals surface area contributed by atoms with E-state index in [1.807, 2.05) is 6.07 Å². The maximum atomic E-state index is 11.0. The quantitative estimate of drug-likeness (QED) is 0.435. The largest absolute Gasteiger partial charge is 0.490 e. The van der Waals surface area contributed by atoms with E-state index < -0.39 is 0 Å². The van der Waals surface area contributed by atoms with Gasteiger partial charge in [-0.2, -0.15) is 0 Å². The zero-order valence-electron chi connectivity index (χ0n) is 11.7. The van der Waals surface area contributed by atoms with Crippen molar-refractivity contribution in [2.45, 2.75) is 43.4 Å². The average Bonchev–Trinajstić information content (AvgIpc) is 2.98. The highest BCUT2D eigenvalue weighted by Gasteiger charge is 2.23. The fourth-order valence-electron chi connectivity index (χ4n) is 2.89. The first-order valence-corrected chi connectivity index (χ1v) is 7.98. The van der Waals surface area contributed by atoms with Gasteiger partial charge in [-0.05, 0) is 43.2 Å². The second kappa shape index (κ2) is 7.07. The van der Waals surface area contributed by atoms with Crippen LogP contribution in [0.15, 0.2) is 18.2 Å². The maximum absolute atomic E-state index is 11.0. The van der Waals surface area contributed by atoms with Crippen LogP contribution in [0, 0.1) is 16.0 Å². The van der Waals surface area contributed by atoms with E-state index in [2.05, 4.69) is 15.9 Å². The molecule has 20 heavy (non-hydrogen) atoms. The van der Waals surface area contributed by atoms with Crippen molar-refractivity contribution in [3.8, 4) is 5.75 Å². The monoisotopic (exact) mass is 341 g/mol. The highest BCUT2D eigenvalue weighted by Crippen LogP contribution is 2.34. The predicted octanol–water partition coefficient (Wildman–Crippen LogP) is 4.49. The molecule has 0 bridgehead atoms. The van der Waals surface area contributed by atoms with Gasteiger partial charge in [-0.1, -0.05) is 34.8 Å². The molecule has 1 saturated carbocycles. The van der Waals surface area contributed by atoms with E-state index in [0.717, 1.165) is 24.3 Å². The molecule has 0 saturated heterocycles. The third-order valence-corrected chi connectivity index (χ3v) is 5.27. The van der Waals surface area contributed by atoms with Crippen LogP contribution in [0.2, 0.25) is 0 Å². The van der Waals surface area contributed by atoms with E-state index >= 15 is 0 Å². The van der Waals surface area contributed by atoms with E-state index in [4.69, 9.17) is 4.74 Å². The Kier molecular flexibility index (Phi) is 5.40. The number of hydrogen-bond donors (Lipinski definition) is 0. The van der Waals surface area contributed by atoms with Crippen molar-refractivity contribution in [3.05, 3.63) is 33.9 Å². The lowest BCUT2D eigenvalue weighted by molar-refractivity contribution is -0.385. The van der Waals surface area contributed by atoms with Crippen molar-refractivity contribution < 1.29 is 9.66 Å². The Hall–Kier alpha value is -1.10. The highest BCUT2D eigenvalue weighted by atomic mass is 79.9. The number of aryl methyl sites for hydroxylation is 1. The van der Waals surface area contributed by atoms with Crippen molar-refractivity contribution in [2.75, 3.05) is 7.11 Å². The van der Waals surface area contributed by atoms with Crippen LogP contribution in [0.25, 0.3) is 0 Å². The molecule has 0 N–H and O–H groups in total. The van der Waals surface area contributed by atoms with Crippen LogP contribution in [-0.2, 0) is 6.42 Å². The van der Waals surface area contributed by atoms with Crippen LogP contribution in [0.3, 0.4) is 0 Å². The number of benzene rings is 1. The Morgan fingerprint density at radius 3 is 2.75 bits per heavy atom. The smallest absolute Gasteiger partial charge is 0.311 e. The van der Waals surface area contributed by atoms with Gasteiger partial charge in [0.15, 0.2) is 5.75 Å². The minimum atomic E-state index is -0.384. The van der Waals surface area contributed by atoms with Gasteiger partial charge < -0.3 is 4.74 Å². The summed E-state index contributed by atoms with van der Waals surface area (Å²) in [5.74, 6) is 1.09. The Morgan fingerprint density at radius 2 is 2.15 bits per heavy atom. The fraction of sp³-hybridized carbons (Fsp3) is 0.600. The van der Waals surface area contributed by atoms with Crippen molar-refractivity contribution in [2.24, 2.45) is 5.92 Å². The first kappa shape index (κ1) is 15.3. The van der Waals surface area contributed by atoms with Gasteiger partial charge in [0.05, 0.1) is 12.0 Å². The summed E-state index contributed by atoms with van der Waals surface area (Å²) in [7, 11) is 1.45. The van der Waals surface area contributed by atoms with Gasteiger partial charge >= 0.3 is 5.69 Å². The Labute approximate surface area is 127 Å². The number of methoxy groups -OCH3 is 1. The van der Waals surface area contributed by atoms with Crippen molar-refractivity contribution in [1.82, 2.24) is 0 Å². The number of halogens is 1. The van der Waals surface area contributed by atoms with E-state index in [9.17, 15) is 10.1 Å². The molecule has 0 aromatic heterocycles. The standard InChI is InChI=1S/C15H20BrNO3/c1-20-15-9-7-11(10-14(15)17(18)19)6-8-13(16)12-4-2-3-5-12/h7,9-10,12-13H,2-6,8H2,1H3. The molecule has 4 nitrogen and oxygen atoms in total. The Balaban J connectivity index is 1.98. The molecule has 1 atom stereocenters. The van der Waals surface area contributed by atoms with Crippen LogP contribution in [0.1, 0.15) is 37.7 Å². The van der Waals surface area contributed by atoms with Gasteiger partial charge in [-0.25, -0.2) is 0 Å². The molecule has 0 heterocycles. The molecule has 0 spiro atoms. The van der Waals surface area contributed by atoms with Crippen LogP contribution < -0.4 is 4.74 Å². The summed E-state index contributed by atoms with van der Waals surface area (Å²) in [4.78, 5) is 11.1. The molecule has 0 amide bonds. The number of hydrogen-bond acceptors (Lipinski definition) is 3. The minimum Gasteiger partial charge on any atom is -0.490 e. The molecular formula is C15H20BrNO3. The Bertz CT molecular complexity index is 472. The second-order valence-corrected chi connectivity index (χ2v) is 6.54. The number of alkyl halides is 1. The number of nitro groups is 1. The maximum Gasteiger partial charge on any atom is 0.311 e. The van der Waals surface area contributed by atoms with Crippen molar-refractivity contribution in [3.63, 3.8) is 0 Å². The molecule has 1 aliphatic carbocycles. The van der Waals surface area contributed by atoms with Gasteiger partial charge in [0.25, 0.3) is 0 Å². The molecule has 0 radical (unpaired) electrons. The third kappa shape index (κ3) is 3.72. The summed E-state index contributed by atoms with van der Waals surface area (Å²) in [5.41, 5.74) is 1.05. The van der Waals surface area contributed by atoms with Crippen LogP contribution in [0.5, 0.6) is 5.75 Å². The number of rotatable bonds is 6. The summed E-state index contributed by atoms with van der Waals surface area (Å²) < 4.78 is 5.02. The summed E-state index contributed by atoms with van der Waals surface area (Å²) in [6.45, 7) is 0. The van der Waals surface area contributed by atoms with E-state index in [1.54, 1.807) is 12.1 Å². The number of nitrogens with zero attached hydrogens (tertiary/aromatic N) is 1. The second-order valence-electron chi connectivity index (χ2n) is 5.36. The average molecular weight is 342 g/mol. The van der Waals surface area contributed by atoms with Crippen molar-refractivity contribution >= 4 is 21.6 Å². The topological polar surface area (TPSA) is 52.4 Å². The van der Waals surface area contributed by atoms with Crippen LogP contribution >= 0.6 is 15.9 Å². The molecular weight excluding hydrogens is 322 g/mol. The Morgan fingerprint density at radius 1 is 1.45 bits per heavy atom. The van der Waals surface area contributed by atoms with Crippen LogP contribution in [0.4, 0.5) is 5.69 Å². The van der Waals surface area contributed by atoms with Gasteiger partial charge in [-0.3, -0.25) is 10.1 Å². The van der Waals surface area contributed by atoms with Crippen LogP contribution in [-0.4, -0.2) is 16.9 Å². The fourth-order valence-corrected chi connectivity index (χ4v) is 3.65.